The van der Waals surface area contributed by atoms with E-state index in [-0.39, 0.29) is 11.8 Å². The molecule has 0 aliphatic rings. The Morgan fingerprint density at radius 1 is 1.32 bits per heavy atom. The molecule has 0 bridgehead atoms. The fourth-order valence-electron chi connectivity index (χ4n) is 1.89. The van der Waals surface area contributed by atoms with Crippen molar-refractivity contribution in [2.45, 2.75) is 19.8 Å². The molecule has 0 atom stereocenters. The van der Waals surface area contributed by atoms with Crippen LogP contribution in [0.1, 0.15) is 28.5 Å². The van der Waals surface area contributed by atoms with Crippen LogP contribution in [0.2, 0.25) is 0 Å². The van der Waals surface area contributed by atoms with Gasteiger partial charge in [-0.15, -0.1) is 0 Å². The number of H-pyrrole nitrogens is 1. The lowest BCUT2D eigenvalue weighted by molar-refractivity contribution is 0.0520. The van der Waals surface area contributed by atoms with E-state index in [9.17, 15) is 9.18 Å². The summed E-state index contributed by atoms with van der Waals surface area (Å²) >= 11 is 0. The van der Waals surface area contributed by atoms with E-state index < -0.39 is 0 Å². The van der Waals surface area contributed by atoms with Gasteiger partial charge in [-0.3, -0.25) is 0 Å². The van der Waals surface area contributed by atoms with Gasteiger partial charge in [0.25, 0.3) is 0 Å². The minimum absolute atomic E-state index is 0.191. The van der Waals surface area contributed by atoms with Crippen molar-refractivity contribution in [1.82, 2.24) is 4.98 Å². The molecule has 100 valence electrons. The molecule has 4 heteroatoms. The molecular formula is C15H16FNO2. The third-order valence-corrected chi connectivity index (χ3v) is 2.88. The van der Waals surface area contributed by atoms with Crippen LogP contribution in [0.3, 0.4) is 0 Å². The number of carbonyl (C=O) groups is 1. The number of esters is 1. The Morgan fingerprint density at radius 2 is 2.11 bits per heavy atom. The molecule has 19 heavy (non-hydrogen) atoms. The largest absolute Gasteiger partial charge is 0.461 e. The fourth-order valence-corrected chi connectivity index (χ4v) is 1.89. The lowest BCUT2D eigenvalue weighted by atomic mass is 10.1. The van der Waals surface area contributed by atoms with Crippen LogP contribution < -0.4 is 0 Å². The predicted octanol–water partition coefficient (Wildman–Crippen LogP) is 3.12. The zero-order valence-electron chi connectivity index (χ0n) is 10.8. The number of carbonyl (C=O) groups excluding carboxylic acids is 1. The van der Waals surface area contributed by atoms with Gasteiger partial charge in [-0.05, 0) is 43.0 Å². The van der Waals surface area contributed by atoms with Gasteiger partial charge in [-0.2, -0.15) is 0 Å². The summed E-state index contributed by atoms with van der Waals surface area (Å²) in [6.45, 7) is 2.11. The van der Waals surface area contributed by atoms with Crippen LogP contribution in [0.15, 0.2) is 36.5 Å². The molecule has 2 aromatic rings. The summed E-state index contributed by atoms with van der Waals surface area (Å²) in [5, 5.41) is 0. The zero-order chi connectivity index (χ0) is 13.7. The van der Waals surface area contributed by atoms with Gasteiger partial charge in [-0.1, -0.05) is 18.2 Å². The Hall–Kier alpha value is -2.10. The van der Waals surface area contributed by atoms with E-state index in [1.807, 2.05) is 6.07 Å². The van der Waals surface area contributed by atoms with Gasteiger partial charge in [0.1, 0.15) is 11.5 Å². The van der Waals surface area contributed by atoms with Gasteiger partial charge in [0, 0.05) is 6.20 Å². The summed E-state index contributed by atoms with van der Waals surface area (Å²) in [6.07, 6.45) is 3.04. The smallest absolute Gasteiger partial charge is 0.354 e. The number of aromatic amines is 1. The molecule has 3 nitrogen and oxygen atoms in total. The molecule has 0 aliphatic carbocycles. The Morgan fingerprint density at radius 3 is 2.84 bits per heavy atom. The summed E-state index contributed by atoms with van der Waals surface area (Å²) in [6, 6.07) is 8.47. The number of aryl methyl sites for hydroxylation is 2. The zero-order valence-corrected chi connectivity index (χ0v) is 10.8. The maximum Gasteiger partial charge on any atom is 0.354 e. The molecule has 0 radical (unpaired) electrons. The summed E-state index contributed by atoms with van der Waals surface area (Å²) < 4.78 is 18.3. The first-order valence-electron chi connectivity index (χ1n) is 6.28. The van der Waals surface area contributed by atoms with Crippen molar-refractivity contribution in [2.24, 2.45) is 0 Å². The van der Waals surface area contributed by atoms with Crippen LogP contribution in [0.25, 0.3) is 0 Å². The molecule has 0 unspecified atom stereocenters. The van der Waals surface area contributed by atoms with Crippen molar-refractivity contribution in [3.63, 3.8) is 0 Å². The third-order valence-electron chi connectivity index (χ3n) is 2.88. The van der Waals surface area contributed by atoms with E-state index in [0.717, 1.165) is 5.56 Å². The van der Waals surface area contributed by atoms with Gasteiger partial charge < -0.3 is 9.72 Å². The Kier molecular flexibility index (Phi) is 4.34. The molecule has 0 fully saturated rings. The highest BCUT2D eigenvalue weighted by Crippen LogP contribution is 2.12. The highest BCUT2D eigenvalue weighted by Gasteiger charge is 2.09. The van der Waals surface area contributed by atoms with Crippen LogP contribution in [0.5, 0.6) is 0 Å². The summed E-state index contributed by atoms with van der Waals surface area (Å²) in [7, 11) is 0. The Balaban J connectivity index is 1.97. The van der Waals surface area contributed by atoms with E-state index in [1.165, 1.54) is 6.07 Å². The van der Waals surface area contributed by atoms with Crippen molar-refractivity contribution >= 4 is 5.97 Å². The van der Waals surface area contributed by atoms with E-state index >= 15 is 0 Å². The molecular weight excluding hydrogens is 245 g/mol. The molecule has 1 N–H and O–H groups in total. The van der Waals surface area contributed by atoms with Gasteiger partial charge in [0.05, 0.1) is 6.61 Å². The van der Waals surface area contributed by atoms with Crippen molar-refractivity contribution in [1.29, 1.82) is 0 Å². The lowest BCUT2D eigenvalue weighted by Crippen LogP contribution is -2.04. The van der Waals surface area contributed by atoms with Crippen LogP contribution in [-0.2, 0) is 17.6 Å². The fraction of sp³-hybridized carbons (Fsp3) is 0.267. The molecule has 0 aliphatic heterocycles. The molecule has 1 aromatic carbocycles. The number of halogens is 1. The second-order valence-corrected chi connectivity index (χ2v) is 4.23. The molecule has 0 spiro atoms. The number of rotatable bonds is 5. The van der Waals surface area contributed by atoms with Crippen molar-refractivity contribution in [2.75, 3.05) is 6.61 Å². The average molecular weight is 261 g/mol. The van der Waals surface area contributed by atoms with Crippen LogP contribution in [-0.4, -0.2) is 17.6 Å². The first kappa shape index (κ1) is 13.3. The SMILES string of the molecule is CCOC(=O)c1cc(CCc2ccccc2F)c[nH]1. The minimum atomic E-state index is -0.361. The summed E-state index contributed by atoms with van der Waals surface area (Å²) in [5.74, 6) is -0.553. The van der Waals surface area contributed by atoms with E-state index in [2.05, 4.69) is 4.98 Å². The van der Waals surface area contributed by atoms with E-state index in [1.54, 1.807) is 31.3 Å². The van der Waals surface area contributed by atoms with Gasteiger partial charge >= 0.3 is 5.97 Å². The van der Waals surface area contributed by atoms with Crippen molar-refractivity contribution < 1.29 is 13.9 Å². The van der Waals surface area contributed by atoms with Crippen LogP contribution >= 0.6 is 0 Å². The standard InChI is InChI=1S/C15H16FNO2/c1-2-19-15(18)14-9-11(10-17-14)7-8-12-5-3-4-6-13(12)16/h3-6,9-10,17H,2,7-8H2,1H3. The van der Waals surface area contributed by atoms with Crippen molar-refractivity contribution in [3.05, 3.63) is 59.2 Å². The first-order valence-corrected chi connectivity index (χ1v) is 6.28. The maximum atomic E-state index is 13.4. The van der Waals surface area contributed by atoms with E-state index in [0.29, 0.717) is 30.7 Å². The number of benzene rings is 1. The molecule has 0 saturated heterocycles. The molecule has 1 aromatic heterocycles. The van der Waals surface area contributed by atoms with Crippen molar-refractivity contribution in [3.8, 4) is 0 Å². The number of aromatic nitrogens is 1. The minimum Gasteiger partial charge on any atom is -0.461 e. The second kappa shape index (κ2) is 6.18. The van der Waals surface area contributed by atoms with E-state index in [4.69, 9.17) is 4.74 Å². The Labute approximate surface area is 111 Å². The average Bonchev–Trinajstić information content (AvgIpc) is 2.87. The number of ether oxygens (including phenoxy) is 1. The molecule has 0 amide bonds. The monoisotopic (exact) mass is 261 g/mol. The predicted molar refractivity (Wildman–Crippen MR) is 70.6 cm³/mol. The van der Waals surface area contributed by atoms with Gasteiger partial charge in [-0.25, -0.2) is 9.18 Å². The number of nitrogens with one attached hydrogen (secondary N) is 1. The van der Waals surface area contributed by atoms with Crippen LogP contribution in [0, 0.1) is 5.82 Å². The highest BCUT2D eigenvalue weighted by atomic mass is 19.1. The Bertz CT molecular complexity index is 563. The second-order valence-electron chi connectivity index (χ2n) is 4.23. The highest BCUT2D eigenvalue weighted by molar-refractivity contribution is 5.87. The number of hydrogen-bond acceptors (Lipinski definition) is 2. The molecule has 0 saturated carbocycles. The lowest BCUT2D eigenvalue weighted by Gasteiger charge is -2.01. The van der Waals surface area contributed by atoms with Crippen LogP contribution in [0.4, 0.5) is 4.39 Å². The van der Waals surface area contributed by atoms with Gasteiger partial charge in [0.15, 0.2) is 0 Å². The normalized spacial score (nSPS) is 10.4. The first-order chi connectivity index (χ1) is 9.20. The molecule has 2 rings (SSSR count). The quantitative estimate of drug-likeness (QED) is 0.840. The topological polar surface area (TPSA) is 42.1 Å². The third kappa shape index (κ3) is 3.44. The summed E-state index contributed by atoms with van der Waals surface area (Å²) in [5.41, 5.74) is 2.08. The van der Waals surface area contributed by atoms with Gasteiger partial charge in [0.2, 0.25) is 0 Å². The molecule has 1 heterocycles. The number of hydrogen-bond donors (Lipinski definition) is 1. The summed E-state index contributed by atoms with van der Waals surface area (Å²) in [4.78, 5) is 14.3. The maximum absolute atomic E-state index is 13.4.